The Kier molecular flexibility index (Phi) is 3.18. The van der Waals surface area contributed by atoms with Crippen LogP contribution in [0.5, 0.6) is 0 Å². The minimum absolute atomic E-state index is 0.000520. The van der Waals surface area contributed by atoms with Gasteiger partial charge in [0.05, 0.1) is 6.42 Å². The van der Waals surface area contributed by atoms with E-state index in [0.29, 0.717) is 0 Å². The van der Waals surface area contributed by atoms with Crippen LogP contribution in [0, 0.1) is 6.92 Å². The highest BCUT2D eigenvalue weighted by molar-refractivity contribution is 5.71. The van der Waals surface area contributed by atoms with Crippen molar-refractivity contribution in [3.63, 3.8) is 0 Å². The maximum Gasteiger partial charge on any atom is 0.307 e. The van der Waals surface area contributed by atoms with Gasteiger partial charge in [0.15, 0.2) is 0 Å². The average molecular weight is 216 g/mol. The summed E-state index contributed by atoms with van der Waals surface area (Å²) >= 11 is 0. The number of nitrogens with two attached hydrogens (primary N) is 1. The highest BCUT2D eigenvalue weighted by Crippen LogP contribution is 2.28. The summed E-state index contributed by atoms with van der Waals surface area (Å²) < 4.78 is 25.3. The molecule has 0 saturated carbocycles. The van der Waals surface area contributed by atoms with Crippen molar-refractivity contribution in [1.29, 1.82) is 0 Å². The van der Waals surface area contributed by atoms with Crippen LogP contribution in [-0.4, -0.2) is 16.1 Å². The number of nitrogen functional groups attached to an aromatic ring is 1. The first-order chi connectivity index (χ1) is 6.93. The molecule has 1 rings (SSSR count). The Morgan fingerprint density at radius 1 is 1.67 bits per heavy atom. The predicted octanol–water partition coefficient (Wildman–Crippen LogP) is 1.54. The molecule has 1 aromatic heterocycles. The molecule has 0 unspecified atom stereocenters. The number of carbonyl (C=O) groups is 1. The zero-order chi connectivity index (χ0) is 11.6. The number of hydrogen-bond donors (Lipinski definition) is 2. The van der Waals surface area contributed by atoms with E-state index in [1.165, 1.54) is 6.92 Å². The van der Waals surface area contributed by atoms with E-state index in [-0.39, 0.29) is 22.5 Å². The van der Waals surface area contributed by atoms with Crippen LogP contribution in [-0.2, 0) is 11.2 Å². The third-order valence-corrected chi connectivity index (χ3v) is 2.05. The van der Waals surface area contributed by atoms with Crippen molar-refractivity contribution in [1.82, 2.24) is 4.98 Å². The molecular formula is C9H10F2N2O2. The van der Waals surface area contributed by atoms with E-state index in [4.69, 9.17) is 10.8 Å². The van der Waals surface area contributed by atoms with Crippen molar-refractivity contribution in [2.24, 2.45) is 0 Å². The van der Waals surface area contributed by atoms with Crippen LogP contribution in [0.25, 0.3) is 0 Å². The van der Waals surface area contributed by atoms with Gasteiger partial charge in [0.25, 0.3) is 6.43 Å². The van der Waals surface area contributed by atoms with Crippen LogP contribution < -0.4 is 5.73 Å². The van der Waals surface area contributed by atoms with Crippen LogP contribution >= 0.6 is 0 Å². The third kappa shape index (κ3) is 2.39. The van der Waals surface area contributed by atoms with E-state index in [2.05, 4.69) is 4.98 Å². The van der Waals surface area contributed by atoms with Crippen molar-refractivity contribution in [2.75, 3.05) is 5.73 Å². The lowest BCUT2D eigenvalue weighted by Crippen LogP contribution is -2.08. The topological polar surface area (TPSA) is 76.2 Å². The average Bonchev–Trinajstić information content (AvgIpc) is 2.10. The van der Waals surface area contributed by atoms with Crippen LogP contribution in [0.4, 0.5) is 14.6 Å². The molecule has 1 aromatic rings. The van der Waals surface area contributed by atoms with Gasteiger partial charge in [-0.1, -0.05) is 0 Å². The second kappa shape index (κ2) is 4.20. The molecule has 15 heavy (non-hydrogen) atoms. The van der Waals surface area contributed by atoms with Gasteiger partial charge in [-0.25, -0.2) is 13.8 Å². The number of pyridine rings is 1. The SMILES string of the molecule is Cc1c(N)ncc(CC(=O)O)c1C(F)F. The first-order valence-corrected chi connectivity index (χ1v) is 4.17. The van der Waals surface area contributed by atoms with Gasteiger partial charge in [0.1, 0.15) is 5.82 Å². The lowest BCUT2D eigenvalue weighted by atomic mass is 10.0. The highest BCUT2D eigenvalue weighted by atomic mass is 19.3. The molecular weight excluding hydrogens is 206 g/mol. The van der Waals surface area contributed by atoms with Gasteiger partial charge >= 0.3 is 5.97 Å². The van der Waals surface area contributed by atoms with Gasteiger partial charge in [-0.3, -0.25) is 4.79 Å². The molecule has 0 spiro atoms. The minimum atomic E-state index is -2.75. The van der Waals surface area contributed by atoms with E-state index < -0.39 is 18.8 Å². The first kappa shape index (κ1) is 11.4. The molecule has 3 N–H and O–H groups in total. The number of halogens is 2. The summed E-state index contributed by atoms with van der Waals surface area (Å²) in [6, 6.07) is 0. The second-order valence-corrected chi connectivity index (χ2v) is 3.08. The fourth-order valence-electron chi connectivity index (χ4n) is 1.30. The van der Waals surface area contributed by atoms with E-state index >= 15 is 0 Å². The highest BCUT2D eigenvalue weighted by Gasteiger charge is 2.19. The summed E-state index contributed by atoms with van der Waals surface area (Å²) in [5.74, 6) is -1.18. The Morgan fingerprint density at radius 2 is 2.27 bits per heavy atom. The summed E-state index contributed by atoms with van der Waals surface area (Å²) in [5, 5.41) is 8.53. The number of carboxylic acids is 1. The van der Waals surface area contributed by atoms with E-state index in [1.807, 2.05) is 0 Å². The van der Waals surface area contributed by atoms with Crippen molar-refractivity contribution in [3.8, 4) is 0 Å². The van der Waals surface area contributed by atoms with Crippen LogP contribution in [0.2, 0.25) is 0 Å². The lowest BCUT2D eigenvalue weighted by molar-refractivity contribution is -0.136. The molecule has 0 atom stereocenters. The first-order valence-electron chi connectivity index (χ1n) is 4.17. The summed E-state index contributed by atoms with van der Waals surface area (Å²) in [5.41, 5.74) is 5.18. The summed E-state index contributed by atoms with van der Waals surface area (Å²) in [4.78, 5) is 14.1. The Bertz CT molecular complexity index is 394. The van der Waals surface area contributed by atoms with E-state index in [1.54, 1.807) is 0 Å². The Hall–Kier alpha value is -1.72. The van der Waals surface area contributed by atoms with Crippen LogP contribution in [0.3, 0.4) is 0 Å². The molecule has 82 valence electrons. The van der Waals surface area contributed by atoms with Gasteiger partial charge in [0, 0.05) is 17.3 Å². The van der Waals surface area contributed by atoms with Gasteiger partial charge in [-0.15, -0.1) is 0 Å². The van der Waals surface area contributed by atoms with Crippen molar-refractivity contribution < 1.29 is 18.7 Å². The Balaban J connectivity index is 3.26. The maximum absolute atomic E-state index is 12.6. The molecule has 4 nitrogen and oxygen atoms in total. The number of nitrogens with zero attached hydrogens (tertiary/aromatic N) is 1. The molecule has 0 amide bonds. The number of anilines is 1. The number of hydrogen-bond acceptors (Lipinski definition) is 3. The van der Waals surface area contributed by atoms with Crippen molar-refractivity contribution in [2.45, 2.75) is 19.8 Å². The quantitative estimate of drug-likeness (QED) is 0.803. The Labute approximate surface area is 84.7 Å². The number of carboxylic acid groups (broad SMARTS) is 1. The number of rotatable bonds is 3. The zero-order valence-corrected chi connectivity index (χ0v) is 8.00. The summed E-state index contributed by atoms with van der Waals surface area (Å²) in [6.07, 6.45) is -2.14. The van der Waals surface area contributed by atoms with Crippen LogP contribution in [0.15, 0.2) is 6.20 Å². The monoisotopic (exact) mass is 216 g/mol. The second-order valence-electron chi connectivity index (χ2n) is 3.08. The molecule has 1 heterocycles. The normalized spacial score (nSPS) is 10.7. The van der Waals surface area contributed by atoms with E-state index in [9.17, 15) is 13.6 Å². The molecule has 0 aromatic carbocycles. The molecule has 0 radical (unpaired) electrons. The predicted molar refractivity (Wildman–Crippen MR) is 49.7 cm³/mol. The molecule has 0 fully saturated rings. The molecule has 0 aliphatic rings. The lowest BCUT2D eigenvalue weighted by Gasteiger charge is -2.11. The molecule has 0 bridgehead atoms. The molecule has 0 aliphatic heterocycles. The summed E-state index contributed by atoms with van der Waals surface area (Å²) in [6.45, 7) is 1.40. The number of alkyl halides is 2. The van der Waals surface area contributed by atoms with Crippen LogP contribution in [0.1, 0.15) is 23.1 Å². The smallest absolute Gasteiger partial charge is 0.307 e. The summed E-state index contributed by atoms with van der Waals surface area (Å²) in [7, 11) is 0. The van der Waals surface area contributed by atoms with E-state index in [0.717, 1.165) is 6.20 Å². The molecule has 0 aliphatic carbocycles. The van der Waals surface area contributed by atoms with Gasteiger partial charge < -0.3 is 10.8 Å². The number of aromatic nitrogens is 1. The van der Waals surface area contributed by atoms with Crippen molar-refractivity contribution >= 4 is 11.8 Å². The largest absolute Gasteiger partial charge is 0.481 e. The fraction of sp³-hybridized carbons (Fsp3) is 0.333. The molecule has 0 saturated heterocycles. The van der Waals surface area contributed by atoms with Gasteiger partial charge in [-0.05, 0) is 12.5 Å². The van der Waals surface area contributed by atoms with Crippen molar-refractivity contribution in [3.05, 3.63) is 22.9 Å². The fourth-order valence-corrected chi connectivity index (χ4v) is 1.30. The zero-order valence-electron chi connectivity index (χ0n) is 8.00. The maximum atomic E-state index is 12.6. The number of aliphatic carboxylic acids is 1. The minimum Gasteiger partial charge on any atom is -0.481 e. The standard InChI is InChI=1S/C9H10F2N2O2/c1-4-7(8(10)11)5(2-6(14)15)3-13-9(4)12/h3,8H,2H2,1H3,(H2,12,13)(H,14,15). The Morgan fingerprint density at radius 3 is 2.73 bits per heavy atom. The van der Waals surface area contributed by atoms with Gasteiger partial charge in [0.2, 0.25) is 0 Å². The third-order valence-electron chi connectivity index (χ3n) is 2.05. The van der Waals surface area contributed by atoms with Gasteiger partial charge in [-0.2, -0.15) is 0 Å². The molecule has 6 heteroatoms.